The molecule has 0 amide bonds. The highest BCUT2D eigenvalue weighted by Crippen LogP contribution is 2.60. The van der Waals surface area contributed by atoms with Gasteiger partial charge in [0.05, 0.1) is 11.5 Å². The number of rotatable bonds is 6. The fourth-order valence-electron chi connectivity index (χ4n) is 5.19. The molecule has 1 aliphatic heterocycles. The number of benzene rings is 1. The lowest BCUT2D eigenvalue weighted by Crippen LogP contribution is -2.58. The van der Waals surface area contributed by atoms with Crippen molar-refractivity contribution in [1.29, 1.82) is 0 Å². The van der Waals surface area contributed by atoms with Gasteiger partial charge in [-0.25, -0.2) is 0 Å². The van der Waals surface area contributed by atoms with Crippen LogP contribution in [-0.2, 0) is 16.6 Å². The Bertz CT molecular complexity index is 710. The van der Waals surface area contributed by atoms with Gasteiger partial charge in [-0.05, 0) is 43.2 Å². The number of ketones is 1. The van der Waals surface area contributed by atoms with E-state index in [2.05, 4.69) is 12.6 Å². The minimum atomic E-state index is -0.592. The van der Waals surface area contributed by atoms with Crippen LogP contribution in [0.5, 0.6) is 11.5 Å². The highest BCUT2D eigenvalue weighted by molar-refractivity contribution is 5.88. The topological polar surface area (TPSA) is 55.8 Å². The summed E-state index contributed by atoms with van der Waals surface area (Å²) in [6.07, 6.45) is 5.55. The van der Waals surface area contributed by atoms with Crippen molar-refractivity contribution in [2.45, 2.75) is 63.1 Å². The second kappa shape index (κ2) is 6.17. The van der Waals surface area contributed by atoms with E-state index in [0.717, 1.165) is 37.7 Å². The second-order valence-corrected chi connectivity index (χ2v) is 7.58. The molecule has 4 heteroatoms. The van der Waals surface area contributed by atoms with Crippen molar-refractivity contribution < 1.29 is 19.4 Å². The quantitative estimate of drug-likeness (QED) is 0.806. The number of carbonyl (C=O) groups is 1. The molecule has 0 saturated heterocycles. The molecule has 4 nitrogen and oxygen atoms in total. The zero-order valence-electron chi connectivity index (χ0n) is 14.8. The SMILES string of the molecule is C=CCOc1ccc2c3c1O[C@@H](C(=O)CCC)[C@]31CCC[C@H](C2)[C@H]1O. The number of hydrogen-bond acceptors (Lipinski definition) is 4. The molecule has 0 unspecified atom stereocenters. The van der Waals surface area contributed by atoms with Crippen LogP contribution in [-0.4, -0.2) is 29.7 Å². The summed E-state index contributed by atoms with van der Waals surface area (Å²) in [5, 5.41) is 11.2. The Morgan fingerprint density at radius 1 is 1.52 bits per heavy atom. The number of aliphatic hydroxyl groups excluding tert-OH is 1. The Hall–Kier alpha value is -1.81. The highest BCUT2D eigenvalue weighted by Gasteiger charge is 2.62. The highest BCUT2D eigenvalue weighted by atomic mass is 16.5. The minimum absolute atomic E-state index is 0.0981. The molecule has 25 heavy (non-hydrogen) atoms. The van der Waals surface area contributed by atoms with Gasteiger partial charge in [0.2, 0.25) is 0 Å². The summed E-state index contributed by atoms with van der Waals surface area (Å²) in [5.74, 6) is 1.64. The molecule has 0 aromatic heterocycles. The molecule has 1 spiro atoms. The van der Waals surface area contributed by atoms with Crippen molar-refractivity contribution in [3.63, 3.8) is 0 Å². The molecule has 4 atom stereocenters. The van der Waals surface area contributed by atoms with Gasteiger partial charge in [0, 0.05) is 12.0 Å². The number of fused-ring (bicyclic) bond motifs is 1. The first-order valence-electron chi connectivity index (χ1n) is 9.41. The van der Waals surface area contributed by atoms with Crippen LogP contribution in [0.4, 0.5) is 0 Å². The third kappa shape index (κ3) is 2.27. The molecule has 2 bridgehead atoms. The lowest BCUT2D eigenvalue weighted by atomic mass is 9.55. The number of ether oxygens (including phenoxy) is 2. The van der Waals surface area contributed by atoms with Crippen LogP contribution >= 0.6 is 0 Å². The van der Waals surface area contributed by atoms with Crippen molar-refractivity contribution in [2.75, 3.05) is 6.61 Å². The van der Waals surface area contributed by atoms with Crippen molar-refractivity contribution in [2.24, 2.45) is 5.92 Å². The van der Waals surface area contributed by atoms with E-state index in [1.165, 1.54) is 5.56 Å². The molecule has 1 fully saturated rings. The molecule has 1 heterocycles. The smallest absolute Gasteiger partial charge is 0.174 e. The monoisotopic (exact) mass is 342 g/mol. The lowest BCUT2D eigenvalue weighted by molar-refractivity contribution is -0.134. The maximum atomic E-state index is 12.9. The van der Waals surface area contributed by atoms with Gasteiger partial charge in [-0.2, -0.15) is 0 Å². The number of Topliss-reactive ketones (excluding diaryl/α,β-unsaturated/α-hetero) is 1. The summed E-state index contributed by atoms with van der Waals surface area (Å²) in [7, 11) is 0. The van der Waals surface area contributed by atoms with Gasteiger partial charge in [-0.15, -0.1) is 0 Å². The van der Waals surface area contributed by atoms with Crippen molar-refractivity contribution in [3.05, 3.63) is 35.9 Å². The molecule has 3 aliphatic rings. The van der Waals surface area contributed by atoms with E-state index < -0.39 is 17.6 Å². The van der Waals surface area contributed by atoms with Gasteiger partial charge < -0.3 is 14.6 Å². The molecular weight excluding hydrogens is 316 g/mol. The number of aliphatic hydroxyl groups is 1. The van der Waals surface area contributed by atoms with E-state index in [1.807, 2.05) is 13.0 Å². The molecule has 0 radical (unpaired) electrons. The van der Waals surface area contributed by atoms with Gasteiger partial charge in [-0.1, -0.05) is 32.1 Å². The summed E-state index contributed by atoms with van der Waals surface area (Å²) < 4.78 is 12.0. The Balaban J connectivity index is 1.87. The fourth-order valence-corrected chi connectivity index (χ4v) is 5.19. The predicted molar refractivity (Wildman–Crippen MR) is 95.2 cm³/mol. The van der Waals surface area contributed by atoms with E-state index in [0.29, 0.717) is 24.5 Å². The average Bonchev–Trinajstić information content (AvgIpc) is 2.93. The largest absolute Gasteiger partial charge is 0.486 e. The Kier molecular flexibility index (Phi) is 4.11. The average molecular weight is 342 g/mol. The van der Waals surface area contributed by atoms with Gasteiger partial charge in [-0.3, -0.25) is 4.79 Å². The fraction of sp³-hybridized carbons (Fsp3) is 0.571. The third-order valence-corrected chi connectivity index (χ3v) is 6.14. The zero-order chi connectivity index (χ0) is 17.6. The minimum Gasteiger partial charge on any atom is -0.486 e. The van der Waals surface area contributed by atoms with Crippen LogP contribution in [0.2, 0.25) is 0 Å². The number of carbonyl (C=O) groups excluding carboxylic acids is 1. The molecule has 4 rings (SSSR count). The van der Waals surface area contributed by atoms with Gasteiger partial charge >= 0.3 is 0 Å². The van der Waals surface area contributed by atoms with Gasteiger partial charge in [0.15, 0.2) is 23.4 Å². The second-order valence-electron chi connectivity index (χ2n) is 7.58. The summed E-state index contributed by atoms with van der Waals surface area (Å²) in [6.45, 7) is 6.09. The van der Waals surface area contributed by atoms with Crippen LogP contribution in [0.25, 0.3) is 0 Å². The third-order valence-electron chi connectivity index (χ3n) is 6.14. The van der Waals surface area contributed by atoms with E-state index in [9.17, 15) is 9.90 Å². The van der Waals surface area contributed by atoms with Crippen LogP contribution in [0, 0.1) is 5.92 Å². The molecular formula is C21H26O4. The Morgan fingerprint density at radius 3 is 3.12 bits per heavy atom. The van der Waals surface area contributed by atoms with Gasteiger partial charge in [0.1, 0.15) is 6.61 Å². The normalized spacial score (nSPS) is 31.8. The molecule has 1 N–H and O–H groups in total. The number of hydrogen-bond donors (Lipinski definition) is 1. The maximum absolute atomic E-state index is 12.9. The molecule has 2 aliphatic carbocycles. The summed E-state index contributed by atoms with van der Waals surface area (Å²) in [4.78, 5) is 12.9. The molecule has 1 aromatic carbocycles. The summed E-state index contributed by atoms with van der Waals surface area (Å²) in [6, 6.07) is 4.03. The molecule has 1 saturated carbocycles. The van der Waals surface area contributed by atoms with Crippen molar-refractivity contribution >= 4 is 5.78 Å². The van der Waals surface area contributed by atoms with Crippen molar-refractivity contribution in [3.8, 4) is 11.5 Å². The van der Waals surface area contributed by atoms with Gasteiger partial charge in [0.25, 0.3) is 0 Å². The lowest BCUT2D eigenvalue weighted by Gasteiger charge is -2.49. The first-order valence-corrected chi connectivity index (χ1v) is 9.41. The van der Waals surface area contributed by atoms with E-state index in [4.69, 9.17) is 9.47 Å². The molecule has 134 valence electrons. The zero-order valence-corrected chi connectivity index (χ0v) is 14.8. The van der Waals surface area contributed by atoms with Crippen molar-refractivity contribution in [1.82, 2.24) is 0 Å². The van der Waals surface area contributed by atoms with E-state index in [-0.39, 0.29) is 11.7 Å². The van der Waals surface area contributed by atoms with Crippen LogP contribution in [0.15, 0.2) is 24.8 Å². The van der Waals surface area contributed by atoms with E-state index in [1.54, 1.807) is 6.08 Å². The summed E-state index contributed by atoms with van der Waals surface area (Å²) in [5.41, 5.74) is 1.65. The Morgan fingerprint density at radius 2 is 2.36 bits per heavy atom. The first kappa shape index (κ1) is 16.6. The summed E-state index contributed by atoms with van der Waals surface area (Å²) >= 11 is 0. The van der Waals surface area contributed by atoms with Crippen LogP contribution in [0.1, 0.15) is 50.2 Å². The molecule has 1 aromatic rings. The van der Waals surface area contributed by atoms with Crippen LogP contribution in [0.3, 0.4) is 0 Å². The van der Waals surface area contributed by atoms with Crippen LogP contribution < -0.4 is 9.47 Å². The van der Waals surface area contributed by atoms with E-state index >= 15 is 0 Å². The first-order chi connectivity index (χ1) is 12.1. The standard InChI is InChI=1S/C21H26O4/c1-3-6-15(22)20-21-10-5-7-14(19(21)23)12-13-8-9-16(24-11-4-2)18(25-20)17(13)21/h4,8-9,14,19-20,23H,2-3,5-7,10-12H2,1H3/t14-,19-,20+,21-/m1/s1. The predicted octanol–water partition coefficient (Wildman–Crippen LogP) is 3.34. The Labute approximate surface area is 148 Å². The maximum Gasteiger partial charge on any atom is 0.174 e.